The predicted molar refractivity (Wildman–Crippen MR) is 61.3 cm³/mol. The van der Waals surface area contributed by atoms with Gasteiger partial charge in [-0.3, -0.25) is 0 Å². The summed E-state index contributed by atoms with van der Waals surface area (Å²) in [5, 5.41) is 9.60. The lowest BCUT2D eigenvalue weighted by molar-refractivity contribution is 0.0669. The van der Waals surface area contributed by atoms with Crippen molar-refractivity contribution in [2.75, 3.05) is 27.2 Å². The summed E-state index contributed by atoms with van der Waals surface area (Å²) in [5.74, 6) is 0. The molecule has 0 aliphatic carbocycles. The molecule has 1 amide bonds. The van der Waals surface area contributed by atoms with Gasteiger partial charge in [-0.25, -0.2) is 4.79 Å². The normalized spacial score (nSPS) is 25.6. The van der Waals surface area contributed by atoms with Gasteiger partial charge in [0.05, 0.1) is 24.8 Å². The van der Waals surface area contributed by atoms with E-state index in [1.165, 1.54) is 0 Å². The van der Waals surface area contributed by atoms with Gasteiger partial charge in [0.25, 0.3) is 0 Å². The summed E-state index contributed by atoms with van der Waals surface area (Å²) in [6.45, 7) is 4.78. The smallest absolute Gasteiger partial charge is 0.410 e. The van der Waals surface area contributed by atoms with Crippen molar-refractivity contribution in [2.24, 2.45) is 0 Å². The summed E-state index contributed by atoms with van der Waals surface area (Å²) < 4.78 is 5.15. The maximum absolute atomic E-state index is 11.8. The molecular weight excluding hydrogens is 208 g/mol. The fourth-order valence-electron chi connectivity index (χ4n) is 1.98. The minimum absolute atomic E-state index is 0.0521. The second kappa shape index (κ2) is 5.50. The number of β-amino-alcohol motifs (C(OH)–C–C–N with tert-alkyl or cyclic N) is 1. The minimum Gasteiger partial charge on any atom is -0.447 e. The number of carbonyl (C=O) groups is 1. The number of aliphatic hydroxyl groups excluding tert-OH is 1. The number of amides is 1. The number of aliphatic hydroxyl groups is 1. The van der Waals surface area contributed by atoms with Crippen LogP contribution in [0.15, 0.2) is 0 Å². The Morgan fingerprint density at radius 2 is 2.19 bits per heavy atom. The van der Waals surface area contributed by atoms with Crippen LogP contribution in [-0.4, -0.2) is 66.4 Å². The summed E-state index contributed by atoms with van der Waals surface area (Å²) >= 11 is 0. The second-order valence-electron chi connectivity index (χ2n) is 4.89. The van der Waals surface area contributed by atoms with E-state index in [1.54, 1.807) is 4.90 Å². The van der Waals surface area contributed by atoms with Crippen molar-refractivity contribution in [1.29, 1.82) is 0 Å². The highest BCUT2D eigenvalue weighted by molar-refractivity contribution is 5.68. The summed E-state index contributed by atoms with van der Waals surface area (Å²) in [6.07, 6.45) is -0.237. The maximum atomic E-state index is 11.8. The Kier molecular flexibility index (Phi) is 4.56. The van der Waals surface area contributed by atoms with E-state index in [0.717, 1.165) is 6.54 Å². The van der Waals surface area contributed by atoms with Crippen LogP contribution < -0.4 is 0 Å². The Morgan fingerprint density at radius 1 is 1.56 bits per heavy atom. The molecule has 0 aromatic rings. The molecule has 1 rings (SSSR count). The van der Waals surface area contributed by atoms with Gasteiger partial charge in [-0.05, 0) is 34.4 Å². The number of likely N-dealkylation sites (N-methyl/N-ethyl adjacent to an activating group) is 1. The lowest BCUT2D eigenvalue weighted by Crippen LogP contribution is -2.42. The van der Waals surface area contributed by atoms with Crippen LogP contribution in [-0.2, 0) is 4.74 Å². The van der Waals surface area contributed by atoms with E-state index in [0.29, 0.717) is 13.0 Å². The van der Waals surface area contributed by atoms with Crippen LogP contribution in [0.3, 0.4) is 0 Å². The van der Waals surface area contributed by atoms with Crippen molar-refractivity contribution in [1.82, 2.24) is 9.80 Å². The summed E-state index contributed by atoms with van der Waals surface area (Å²) in [4.78, 5) is 15.4. The van der Waals surface area contributed by atoms with Crippen molar-refractivity contribution >= 4 is 6.09 Å². The molecule has 1 heterocycles. The van der Waals surface area contributed by atoms with E-state index in [4.69, 9.17) is 4.74 Å². The molecule has 0 aromatic heterocycles. The molecule has 0 aromatic carbocycles. The Bertz CT molecular complexity index is 243. The van der Waals surface area contributed by atoms with Gasteiger partial charge in [0.15, 0.2) is 0 Å². The topological polar surface area (TPSA) is 53.0 Å². The molecule has 1 aliphatic heterocycles. The van der Waals surface area contributed by atoms with Gasteiger partial charge in [0.2, 0.25) is 0 Å². The molecule has 5 nitrogen and oxygen atoms in total. The average Bonchev–Trinajstić information content (AvgIpc) is 2.44. The van der Waals surface area contributed by atoms with Crippen LogP contribution in [0, 0.1) is 0 Å². The van der Waals surface area contributed by atoms with Crippen LogP contribution in [0.2, 0.25) is 0 Å². The molecule has 1 fully saturated rings. The summed E-state index contributed by atoms with van der Waals surface area (Å²) in [7, 11) is 3.91. The van der Waals surface area contributed by atoms with E-state index >= 15 is 0 Å². The first-order valence-corrected chi connectivity index (χ1v) is 5.70. The fourth-order valence-corrected chi connectivity index (χ4v) is 1.98. The number of carbonyl (C=O) groups excluding carboxylic acids is 1. The third kappa shape index (κ3) is 3.64. The van der Waals surface area contributed by atoms with Crippen LogP contribution in [0.25, 0.3) is 0 Å². The highest BCUT2D eigenvalue weighted by Gasteiger charge is 2.35. The van der Waals surface area contributed by atoms with Gasteiger partial charge >= 0.3 is 6.09 Å². The molecule has 2 atom stereocenters. The predicted octanol–water partition coefficient (Wildman–Crippen LogP) is 0.528. The van der Waals surface area contributed by atoms with E-state index in [1.807, 2.05) is 32.8 Å². The van der Waals surface area contributed by atoms with Gasteiger partial charge in [-0.2, -0.15) is 0 Å². The zero-order valence-corrected chi connectivity index (χ0v) is 10.5. The number of ether oxygens (including phenoxy) is 1. The second-order valence-corrected chi connectivity index (χ2v) is 4.89. The molecule has 1 N–H and O–H groups in total. The first kappa shape index (κ1) is 13.3. The van der Waals surface area contributed by atoms with Crippen molar-refractivity contribution < 1.29 is 14.6 Å². The van der Waals surface area contributed by atoms with Gasteiger partial charge in [0.1, 0.15) is 0 Å². The largest absolute Gasteiger partial charge is 0.447 e. The minimum atomic E-state index is -0.426. The quantitative estimate of drug-likeness (QED) is 0.768. The molecule has 0 saturated carbocycles. The monoisotopic (exact) mass is 230 g/mol. The van der Waals surface area contributed by atoms with E-state index in [-0.39, 0.29) is 18.2 Å². The lowest BCUT2D eigenvalue weighted by Gasteiger charge is -2.26. The van der Waals surface area contributed by atoms with Crippen molar-refractivity contribution in [3.05, 3.63) is 0 Å². The van der Waals surface area contributed by atoms with Crippen LogP contribution in [0.5, 0.6) is 0 Å². The molecule has 0 bridgehead atoms. The number of hydrogen-bond donors (Lipinski definition) is 1. The lowest BCUT2D eigenvalue weighted by atomic mass is 10.2. The molecular formula is C11H22N2O3. The molecule has 5 heteroatoms. The maximum Gasteiger partial charge on any atom is 0.410 e. The Morgan fingerprint density at radius 3 is 2.69 bits per heavy atom. The van der Waals surface area contributed by atoms with Gasteiger partial charge in [-0.15, -0.1) is 0 Å². The van der Waals surface area contributed by atoms with E-state index in [9.17, 15) is 9.90 Å². The van der Waals surface area contributed by atoms with E-state index < -0.39 is 6.10 Å². The molecule has 1 aliphatic rings. The van der Waals surface area contributed by atoms with Crippen LogP contribution >= 0.6 is 0 Å². The standard InChI is InChI=1S/C11H22N2O3/c1-8(2)16-11(15)13-7-10(14)5-9(13)6-12(3)4/h8-10,14H,5-7H2,1-4H3. The summed E-state index contributed by atoms with van der Waals surface area (Å²) in [6, 6.07) is 0.0521. The Labute approximate surface area is 97.0 Å². The average molecular weight is 230 g/mol. The van der Waals surface area contributed by atoms with Crippen molar-refractivity contribution in [3.63, 3.8) is 0 Å². The highest BCUT2D eigenvalue weighted by atomic mass is 16.6. The number of rotatable bonds is 3. The van der Waals surface area contributed by atoms with Gasteiger partial charge < -0.3 is 19.6 Å². The highest BCUT2D eigenvalue weighted by Crippen LogP contribution is 2.19. The van der Waals surface area contributed by atoms with Gasteiger partial charge in [-0.1, -0.05) is 0 Å². The van der Waals surface area contributed by atoms with Crippen molar-refractivity contribution in [2.45, 2.75) is 38.5 Å². The Balaban J connectivity index is 2.58. The third-order valence-corrected chi connectivity index (χ3v) is 2.54. The summed E-state index contributed by atoms with van der Waals surface area (Å²) in [5.41, 5.74) is 0. The number of likely N-dealkylation sites (tertiary alicyclic amines) is 1. The molecule has 94 valence electrons. The zero-order chi connectivity index (χ0) is 12.3. The molecule has 1 saturated heterocycles. The van der Waals surface area contributed by atoms with Crippen LogP contribution in [0.4, 0.5) is 4.79 Å². The SMILES string of the molecule is CC(C)OC(=O)N1CC(O)CC1CN(C)C. The molecule has 0 radical (unpaired) electrons. The first-order valence-electron chi connectivity index (χ1n) is 5.70. The van der Waals surface area contributed by atoms with Gasteiger partial charge in [0, 0.05) is 6.54 Å². The Hall–Kier alpha value is -0.810. The third-order valence-electron chi connectivity index (χ3n) is 2.54. The van der Waals surface area contributed by atoms with Crippen LogP contribution in [0.1, 0.15) is 20.3 Å². The number of nitrogens with zero attached hydrogens (tertiary/aromatic N) is 2. The number of hydrogen-bond acceptors (Lipinski definition) is 4. The first-order chi connectivity index (χ1) is 7.40. The molecule has 2 unspecified atom stereocenters. The molecule has 16 heavy (non-hydrogen) atoms. The fraction of sp³-hybridized carbons (Fsp3) is 0.909. The molecule has 0 spiro atoms. The van der Waals surface area contributed by atoms with Crippen molar-refractivity contribution in [3.8, 4) is 0 Å². The van der Waals surface area contributed by atoms with E-state index in [2.05, 4.69) is 0 Å². The zero-order valence-electron chi connectivity index (χ0n) is 10.5.